The van der Waals surface area contributed by atoms with Crippen LogP contribution in [0.2, 0.25) is 0 Å². The third-order valence-corrected chi connectivity index (χ3v) is 8.08. The topological polar surface area (TPSA) is 108 Å². The van der Waals surface area contributed by atoms with Crippen LogP contribution < -0.4 is 14.9 Å². The van der Waals surface area contributed by atoms with Crippen molar-refractivity contribution < 1.29 is 12.8 Å². The normalized spacial score (nSPS) is 14.2. The molecule has 4 aromatic rings. The van der Waals surface area contributed by atoms with Crippen molar-refractivity contribution in [1.82, 2.24) is 29.4 Å². The van der Waals surface area contributed by atoms with Gasteiger partial charge in [0.25, 0.3) is 0 Å². The van der Waals surface area contributed by atoms with Crippen molar-refractivity contribution in [2.24, 2.45) is 0 Å². The van der Waals surface area contributed by atoms with E-state index in [1.807, 2.05) is 24.3 Å². The minimum atomic E-state index is -3.90. The van der Waals surface area contributed by atoms with Crippen molar-refractivity contribution in [3.63, 3.8) is 0 Å². The molecule has 0 bridgehead atoms. The number of halogens is 1. The second-order valence-electron chi connectivity index (χ2n) is 8.87. The number of hydrogen-bond acceptors (Lipinski definition) is 7. The van der Waals surface area contributed by atoms with Crippen LogP contribution in [0.3, 0.4) is 0 Å². The van der Waals surface area contributed by atoms with Gasteiger partial charge < -0.3 is 10.2 Å². The Morgan fingerprint density at radius 2 is 1.79 bits per heavy atom. The molecule has 2 aromatic heterocycles. The largest absolute Gasteiger partial charge is 0.369 e. The highest BCUT2D eigenvalue weighted by molar-refractivity contribution is 7.90. The van der Waals surface area contributed by atoms with Crippen LogP contribution in [0.25, 0.3) is 28.2 Å². The van der Waals surface area contributed by atoms with Gasteiger partial charge in [-0.25, -0.2) is 19.0 Å². The van der Waals surface area contributed by atoms with E-state index >= 15 is 4.39 Å². The van der Waals surface area contributed by atoms with Crippen LogP contribution in [0.4, 0.5) is 15.8 Å². The lowest BCUT2D eigenvalue weighted by atomic mass is 10.0. The maximum absolute atomic E-state index is 15.8. The Kier molecular flexibility index (Phi) is 7.36. The molecular formula is C26H29FN8O2S. The van der Waals surface area contributed by atoms with Crippen molar-refractivity contribution in [2.45, 2.75) is 6.92 Å². The monoisotopic (exact) mass is 536 g/mol. The summed E-state index contributed by atoms with van der Waals surface area (Å²) in [5.41, 5.74) is 3.41. The van der Waals surface area contributed by atoms with Crippen LogP contribution in [0.1, 0.15) is 6.92 Å². The van der Waals surface area contributed by atoms with E-state index in [2.05, 4.69) is 24.9 Å². The van der Waals surface area contributed by atoms with Crippen LogP contribution >= 0.6 is 0 Å². The number of nitrogens with one attached hydrogen (secondary N) is 2. The molecular weight excluding hydrogens is 507 g/mol. The summed E-state index contributed by atoms with van der Waals surface area (Å²) in [6.07, 6.45) is 4.73. The number of rotatable bonds is 8. The molecule has 5 rings (SSSR count). The maximum atomic E-state index is 15.8. The first-order valence-corrected chi connectivity index (χ1v) is 13.8. The zero-order valence-corrected chi connectivity index (χ0v) is 22.0. The predicted octanol–water partition coefficient (Wildman–Crippen LogP) is 3.15. The Balaban J connectivity index is 1.55. The highest BCUT2D eigenvalue weighted by atomic mass is 32.2. The van der Waals surface area contributed by atoms with E-state index in [0.717, 1.165) is 41.9 Å². The molecule has 1 saturated heterocycles. The first-order chi connectivity index (χ1) is 18.4. The zero-order valence-electron chi connectivity index (χ0n) is 21.2. The number of anilines is 2. The molecule has 0 radical (unpaired) electrons. The molecule has 3 heterocycles. The summed E-state index contributed by atoms with van der Waals surface area (Å²) < 4.78 is 46.0. The Labute approximate surface area is 221 Å². The van der Waals surface area contributed by atoms with Crippen LogP contribution in [-0.4, -0.2) is 72.2 Å². The van der Waals surface area contributed by atoms with Gasteiger partial charge in [-0.1, -0.05) is 19.1 Å². The fourth-order valence-corrected chi connectivity index (χ4v) is 5.20. The number of piperazine rings is 1. The minimum absolute atomic E-state index is 0.149. The number of nitrogens with zero attached hydrogens (tertiary/aromatic N) is 6. The van der Waals surface area contributed by atoms with Gasteiger partial charge in [0.2, 0.25) is 0 Å². The molecule has 0 unspecified atom stereocenters. The quantitative estimate of drug-likeness (QED) is 0.356. The Morgan fingerprint density at radius 3 is 2.47 bits per heavy atom. The highest BCUT2D eigenvalue weighted by Gasteiger charge is 2.23. The standard InChI is InChI=1S/C26H29FN8O2S/c1-3-33(2)38(36,37)32-23-6-4-5-21(25(23)27)22-17-35(31-26(22)24-11-12-29-18-30-24)20-9-7-19(8-10-20)34-15-13-28-14-16-34/h4-12,17-18,28,32H,3,13-16H2,1-2H3. The van der Waals surface area contributed by atoms with Crippen molar-refractivity contribution in [2.75, 3.05) is 49.4 Å². The van der Waals surface area contributed by atoms with E-state index in [4.69, 9.17) is 5.10 Å². The smallest absolute Gasteiger partial charge is 0.301 e. The third kappa shape index (κ3) is 5.23. The average molecular weight is 537 g/mol. The van der Waals surface area contributed by atoms with Gasteiger partial charge in [0.15, 0.2) is 5.82 Å². The molecule has 0 atom stereocenters. The Morgan fingerprint density at radius 1 is 1.05 bits per heavy atom. The number of benzene rings is 2. The molecule has 38 heavy (non-hydrogen) atoms. The van der Waals surface area contributed by atoms with Crippen molar-refractivity contribution >= 4 is 21.6 Å². The summed E-state index contributed by atoms with van der Waals surface area (Å²) in [7, 11) is -2.48. The first-order valence-electron chi connectivity index (χ1n) is 12.3. The summed E-state index contributed by atoms with van der Waals surface area (Å²) >= 11 is 0. The average Bonchev–Trinajstić information content (AvgIpc) is 3.40. The molecule has 0 aliphatic carbocycles. The highest BCUT2D eigenvalue weighted by Crippen LogP contribution is 2.35. The van der Waals surface area contributed by atoms with Crippen LogP contribution in [0, 0.1) is 5.82 Å². The molecule has 1 aliphatic rings. The van der Waals surface area contributed by atoms with Gasteiger partial charge >= 0.3 is 10.2 Å². The zero-order chi connectivity index (χ0) is 26.7. The first kappa shape index (κ1) is 25.8. The minimum Gasteiger partial charge on any atom is -0.369 e. The molecule has 2 N–H and O–H groups in total. The fraction of sp³-hybridized carbons (Fsp3) is 0.269. The van der Waals surface area contributed by atoms with E-state index in [-0.39, 0.29) is 17.8 Å². The van der Waals surface area contributed by atoms with E-state index in [1.165, 1.54) is 19.4 Å². The van der Waals surface area contributed by atoms with Crippen molar-refractivity contribution in [3.8, 4) is 28.2 Å². The molecule has 1 fully saturated rings. The number of hydrogen-bond donors (Lipinski definition) is 2. The Hall–Kier alpha value is -3.87. The predicted molar refractivity (Wildman–Crippen MR) is 146 cm³/mol. The molecule has 0 spiro atoms. The van der Waals surface area contributed by atoms with Gasteiger partial charge in [-0.15, -0.1) is 0 Å². The van der Waals surface area contributed by atoms with Crippen LogP contribution in [-0.2, 0) is 10.2 Å². The van der Waals surface area contributed by atoms with Gasteiger partial charge in [-0.05, 0) is 36.4 Å². The molecule has 0 amide bonds. The van der Waals surface area contributed by atoms with Crippen molar-refractivity contribution in [1.29, 1.82) is 0 Å². The van der Waals surface area contributed by atoms with Gasteiger partial charge in [-0.2, -0.15) is 17.8 Å². The van der Waals surface area contributed by atoms with Gasteiger partial charge in [0, 0.05) is 69.0 Å². The lowest BCUT2D eigenvalue weighted by Gasteiger charge is -2.29. The van der Waals surface area contributed by atoms with E-state index in [0.29, 0.717) is 17.0 Å². The maximum Gasteiger partial charge on any atom is 0.301 e. The third-order valence-electron chi connectivity index (χ3n) is 6.52. The van der Waals surface area contributed by atoms with Crippen molar-refractivity contribution in [3.05, 3.63) is 73.1 Å². The fourth-order valence-electron chi connectivity index (χ4n) is 4.27. The van der Waals surface area contributed by atoms with E-state index in [1.54, 1.807) is 42.2 Å². The van der Waals surface area contributed by atoms with E-state index < -0.39 is 16.0 Å². The molecule has 12 heteroatoms. The number of aromatic nitrogens is 4. The second kappa shape index (κ2) is 10.9. The van der Waals surface area contributed by atoms with Gasteiger partial charge in [-0.3, -0.25) is 4.72 Å². The van der Waals surface area contributed by atoms with Crippen LogP contribution in [0.15, 0.2) is 67.3 Å². The van der Waals surface area contributed by atoms with E-state index in [9.17, 15) is 8.42 Å². The summed E-state index contributed by atoms with van der Waals surface area (Å²) in [4.78, 5) is 10.6. The van der Waals surface area contributed by atoms with Gasteiger partial charge in [0.05, 0.1) is 17.1 Å². The summed E-state index contributed by atoms with van der Waals surface area (Å²) in [6, 6.07) is 14.3. The molecule has 0 saturated carbocycles. The summed E-state index contributed by atoms with van der Waals surface area (Å²) in [5, 5.41) is 8.10. The SMILES string of the molecule is CCN(C)S(=O)(=O)Nc1cccc(-c2cn(-c3ccc(N4CCNCC4)cc3)nc2-c2ccncn2)c1F. The molecule has 198 valence electrons. The van der Waals surface area contributed by atoms with Crippen LogP contribution in [0.5, 0.6) is 0 Å². The lowest BCUT2D eigenvalue weighted by Crippen LogP contribution is -2.43. The second-order valence-corrected chi connectivity index (χ2v) is 10.6. The lowest BCUT2D eigenvalue weighted by molar-refractivity contribution is 0.491. The molecule has 2 aromatic carbocycles. The molecule has 10 nitrogen and oxygen atoms in total. The molecule has 1 aliphatic heterocycles. The summed E-state index contributed by atoms with van der Waals surface area (Å²) in [6.45, 7) is 5.72. The summed E-state index contributed by atoms with van der Waals surface area (Å²) in [5.74, 6) is -0.704. The Bertz CT molecular complexity index is 1500. The van der Waals surface area contributed by atoms with Gasteiger partial charge in [0.1, 0.15) is 12.0 Å².